The highest BCUT2D eigenvalue weighted by Crippen LogP contribution is 2.39. The first-order chi connectivity index (χ1) is 14.8. The summed E-state index contributed by atoms with van der Waals surface area (Å²) < 4.78 is 63.2. The number of rotatable bonds is 6. The van der Waals surface area contributed by atoms with E-state index in [1.54, 1.807) is 0 Å². The number of carbonyl (C=O) groups excluding carboxylic acids is 2. The molecule has 0 radical (unpaired) electrons. The molecular formula is C21H21F3N2O5S. The van der Waals surface area contributed by atoms with Crippen LogP contribution in [0.5, 0.6) is 0 Å². The molecule has 2 unspecified atom stereocenters. The molecule has 1 aliphatic heterocycles. The fraction of sp³-hybridized carbons (Fsp3) is 0.333. The van der Waals surface area contributed by atoms with Crippen molar-refractivity contribution in [3.05, 3.63) is 59.2 Å². The number of halogens is 3. The zero-order valence-corrected chi connectivity index (χ0v) is 18.0. The van der Waals surface area contributed by atoms with Crippen molar-refractivity contribution in [3.63, 3.8) is 0 Å². The van der Waals surface area contributed by atoms with Gasteiger partial charge in [-0.25, -0.2) is 8.42 Å². The summed E-state index contributed by atoms with van der Waals surface area (Å²) in [5.41, 5.74) is -2.30. The molecule has 0 saturated heterocycles. The van der Waals surface area contributed by atoms with Crippen LogP contribution in [-0.4, -0.2) is 42.7 Å². The highest BCUT2D eigenvalue weighted by atomic mass is 32.2. The Morgan fingerprint density at radius 2 is 1.84 bits per heavy atom. The lowest BCUT2D eigenvalue weighted by Crippen LogP contribution is -2.39. The number of anilines is 1. The molecule has 1 heterocycles. The third-order valence-electron chi connectivity index (χ3n) is 5.48. The lowest BCUT2D eigenvalue weighted by molar-refractivity contribution is -0.258. The van der Waals surface area contributed by atoms with Crippen LogP contribution >= 0.6 is 0 Å². The zero-order valence-electron chi connectivity index (χ0n) is 17.2. The minimum Gasteiger partial charge on any atom is -0.376 e. The number of nitrogens with one attached hydrogen (secondary N) is 1. The van der Waals surface area contributed by atoms with Gasteiger partial charge < -0.3 is 15.3 Å². The standard InChI is InChI=1S/C21H21F3N2O5S/c1-3-32(30,31)16-8-9-17-13(10-16)11-26(12-27)18(17)19(28)25-15-6-4-14(5-7-15)20(2,29)21(22,23)24/h4-10,12,18,29H,3,11H2,1-2H3,(H,25,28). The van der Waals surface area contributed by atoms with Crippen molar-refractivity contribution in [2.45, 2.75) is 43.1 Å². The molecule has 2 N–H and O–H groups in total. The fourth-order valence-electron chi connectivity index (χ4n) is 3.45. The van der Waals surface area contributed by atoms with Crippen LogP contribution in [-0.2, 0) is 31.6 Å². The van der Waals surface area contributed by atoms with Gasteiger partial charge in [0.1, 0.15) is 6.04 Å². The second-order valence-corrected chi connectivity index (χ2v) is 9.86. The molecule has 0 aromatic heterocycles. The average Bonchev–Trinajstić information content (AvgIpc) is 3.11. The minimum absolute atomic E-state index is 0.0391. The second-order valence-electron chi connectivity index (χ2n) is 7.58. The lowest BCUT2D eigenvalue weighted by atomic mass is 9.95. The Morgan fingerprint density at radius 1 is 1.22 bits per heavy atom. The van der Waals surface area contributed by atoms with Crippen molar-refractivity contribution in [1.29, 1.82) is 0 Å². The second kappa shape index (κ2) is 8.21. The van der Waals surface area contributed by atoms with Crippen LogP contribution in [0.2, 0.25) is 0 Å². The Hall–Kier alpha value is -2.92. The molecule has 32 heavy (non-hydrogen) atoms. The summed E-state index contributed by atoms with van der Waals surface area (Å²) >= 11 is 0. The molecule has 0 spiro atoms. The molecule has 3 rings (SSSR count). The van der Waals surface area contributed by atoms with Gasteiger partial charge in [-0.1, -0.05) is 25.1 Å². The van der Waals surface area contributed by atoms with E-state index in [-0.39, 0.29) is 22.9 Å². The Morgan fingerprint density at radius 3 is 2.38 bits per heavy atom. The number of amides is 2. The normalized spacial score (nSPS) is 18.1. The van der Waals surface area contributed by atoms with Crippen molar-refractivity contribution >= 4 is 27.8 Å². The van der Waals surface area contributed by atoms with E-state index in [0.29, 0.717) is 24.5 Å². The number of benzene rings is 2. The molecular weight excluding hydrogens is 449 g/mol. The predicted octanol–water partition coefficient (Wildman–Crippen LogP) is 2.90. The number of hydrogen-bond donors (Lipinski definition) is 2. The highest BCUT2D eigenvalue weighted by molar-refractivity contribution is 7.91. The van der Waals surface area contributed by atoms with Gasteiger partial charge in [0, 0.05) is 12.2 Å². The molecule has 0 saturated carbocycles. The summed E-state index contributed by atoms with van der Waals surface area (Å²) in [6.45, 7) is 2.18. The van der Waals surface area contributed by atoms with Gasteiger partial charge in [0.15, 0.2) is 15.4 Å². The van der Waals surface area contributed by atoms with Crippen molar-refractivity contribution in [3.8, 4) is 0 Å². The summed E-state index contributed by atoms with van der Waals surface area (Å²) in [6.07, 6.45) is -4.40. The molecule has 2 amide bonds. The zero-order chi connectivity index (χ0) is 23.9. The topological polar surface area (TPSA) is 104 Å². The van der Waals surface area contributed by atoms with Gasteiger partial charge in [-0.15, -0.1) is 0 Å². The number of carbonyl (C=O) groups is 2. The summed E-state index contributed by atoms with van der Waals surface area (Å²) in [4.78, 5) is 25.7. The molecule has 0 bridgehead atoms. The molecule has 1 aliphatic rings. The van der Waals surface area contributed by atoms with Crippen LogP contribution in [0.1, 0.15) is 36.6 Å². The van der Waals surface area contributed by atoms with Crippen molar-refractivity contribution in [2.75, 3.05) is 11.1 Å². The molecule has 7 nitrogen and oxygen atoms in total. The third-order valence-corrected chi connectivity index (χ3v) is 7.22. The first kappa shape index (κ1) is 23.7. The largest absolute Gasteiger partial charge is 0.421 e. The maximum atomic E-state index is 13.0. The van der Waals surface area contributed by atoms with Gasteiger partial charge in [0.2, 0.25) is 6.41 Å². The maximum absolute atomic E-state index is 13.0. The van der Waals surface area contributed by atoms with E-state index in [2.05, 4.69) is 5.32 Å². The molecule has 172 valence electrons. The van der Waals surface area contributed by atoms with Gasteiger partial charge in [-0.05, 0) is 47.9 Å². The summed E-state index contributed by atoms with van der Waals surface area (Å²) in [5, 5.41) is 12.3. The van der Waals surface area contributed by atoms with E-state index in [0.717, 1.165) is 12.1 Å². The molecule has 2 aromatic carbocycles. The van der Waals surface area contributed by atoms with Crippen molar-refractivity contribution in [2.24, 2.45) is 0 Å². The van der Waals surface area contributed by atoms with E-state index in [4.69, 9.17) is 0 Å². The van der Waals surface area contributed by atoms with E-state index >= 15 is 0 Å². The number of nitrogens with zero attached hydrogens (tertiary/aromatic N) is 1. The van der Waals surface area contributed by atoms with E-state index < -0.39 is 39.1 Å². The molecule has 0 fully saturated rings. The van der Waals surface area contributed by atoms with Crippen molar-refractivity contribution < 1.29 is 36.3 Å². The minimum atomic E-state index is -4.88. The van der Waals surface area contributed by atoms with Crippen LogP contribution in [0.25, 0.3) is 0 Å². The molecule has 2 atom stereocenters. The summed E-state index contributed by atoms with van der Waals surface area (Å²) in [7, 11) is -3.46. The first-order valence-electron chi connectivity index (χ1n) is 9.59. The quantitative estimate of drug-likeness (QED) is 0.632. The summed E-state index contributed by atoms with van der Waals surface area (Å²) in [5.74, 6) is -0.707. The van der Waals surface area contributed by atoms with Crippen LogP contribution in [0.3, 0.4) is 0 Å². The molecule has 0 aliphatic carbocycles. The smallest absolute Gasteiger partial charge is 0.376 e. The van der Waals surface area contributed by atoms with Gasteiger partial charge in [0.05, 0.1) is 10.6 Å². The highest BCUT2D eigenvalue weighted by Gasteiger charge is 2.51. The Labute approximate surface area is 182 Å². The van der Waals surface area contributed by atoms with E-state index in [1.165, 1.54) is 42.2 Å². The molecule has 11 heteroatoms. The Bertz CT molecular complexity index is 1150. The number of fused-ring (bicyclic) bond motifs is 1. The predicted molar refractivity (Wildman–Crippen MR) is 109 cm³/mol. The monoisotopic (exact) mass is 470 g/mol. The van der Waals surface area contributed by atoms with Crippen LogP contribution in [0, 0.1) is 0 Å². The van der Waals surface area contributed by atoms with Crippen molar-refractivity contribution in [1.82, 2.24) is 4.90 Å². The number of alkyl halides is 3. The van der Waals surface area contributed by atoms with Crippen LogP contribution in [0.15, 0.2) is 47.4 Å². The van der Waals surface area contributed by atoms with Crippen LogP contribution in [0.4, 0.5) is 18.9 Å². The van der Waals surface area contributed by atoms with Gasteiger partial charge in [-0.2, -0.15) is 13.2 Å². The lowest BCUT2D eigenvalue weighted by Gasteiger charge is -2.27. The SMILES string of the molecule is CCS(=O)(=O)c1ccc2c(c1)CN(C=O)C2C(=O)Nc1ccc(C(C)(O)C(F)(F)F)cc1. The number of aliphatic hydroxyl groups is 1. The van der Waals surface area contributed by atoms with E-state index in [9.17, 15) is 36.3 Å². The number of hydrogen-bond acceptors (Lipinski definition) is 5. The number of sulfone groups is 1. The van der Waals surface area contributed by atoms with E-state index in [1.807, 2.05) is 0 Å². The Balaban J connectivity index is 1.85. The first-order valence-corrected chi connectivity index (χ1v) is 11.2. The summed E-state index contributed by atoms with van der Waals surface area (Å²) in [6, 6.07) is 7.79. The Kier molecular flexibility index (Phi) is 6.09. The van der Waals surface area contributed by atoms with Gasteiger partial charge in [0.25, 0.3) is 5.91 Å². The van der Waals surface area contributed by atoms with Crippen LogP contribution < -0.4 is 5.32 Å². The fourth-order valence-corrected chi connectivity index (χ4v) is 4.39. The van der Waals surface area contributed by atoms with Gasteiger partial charge >= 0.3 is 6.18 Å². The van der Waals surface area contributed by atoms with Gasteiger partial charge in [-0.3, -0.25) is 9.59 Å². The average molecular weight is 470 g/mol. The third kappa shape index (κ3) is 4.22. The maximum Gasteiger partial charge on any atom is 0.421 e. The molecule has 2 aromatic rings.